The van der Waals surface area contributed by atoms with Gasteiger partial charge in [0.1, 0.15) is 0 Å². The summed E-state index contributed by atoms with van der Waals surface area (Å²) in [6.07, 6.45) is 2.81. The van der Waals surface area contributed by atoms with Crippen LogP contribution in [0.5, 0.6) is 0 Å². The van der Waals surface area contributed by atoms with Crippen molar-refractivity contribution in [3.05, 3.63) is 18.0 Å². The van der Waals surface area contributed by atoms with Crippen LogP contribution in [0.25, 0.3) is 0 Å². The minimum atomic E-state index is -0.0995. The van der Waals surface area contributed by atoms with Crippen molar-refractivity contribution in [2.24, 2.45) is 13.0 Å². The number of rotatable bonds is 6. The Labute approximate surface area is 130 Å². The molecule has 7 nitrogen and oxygen atoms in total. The van der Waals surface area contributed by atoms with Gasteiger partial charge in [-0.05, 0) is 12.5 Å². The minimum absolute atomic E-state index is 0.00997. The molecule has 3 rings (SSSR count). The number of aromatic nitrogens is 2. The average molecular weight is 308 g/mol. The average Bonchev–Trinajstić information content (AvgIpc) is 3.18. The molecule has 0 unspecified atom stereocenters. The van der Waals surface area contributed by atoms with Crippen molar-refractivity contribution in [3.63, 3.8) is 0 Å². The molecule has 2 aliphatic heterocycles. The monoisotopic (exact) mass is 308 g/mol. The van der Waals surface area contributed by atoms with Crippen LogP contribution in [0.2, 0.25) is 0 Å². The Bertz CT molecular complexity index is 519. The van der Waals surface area contributed by atoms with E-state index < -0.39 is 0 Å². The highest BCUT2D eigenvalue weighted by atomic mass is 16.5. The van der Waals surface area contributed by atoms with Gasteiger partial charge in [-0.1, -0.05) is 0 Å². The van der Waals surface area contributed by atoms with Gasteiger partial charge in [0, 0.05) is 52.6 Å². The molecule has 2 saturated heterocycles. The molecule has 0 radical (unpaired) electrons. The first kappa shape index (κ1) is 15.5. The molecule has 2 aliphatic rings. The molecule has 0 aliphatic carbocycles. The topological polar surface area (TPSA) is 68.6 Å². The predicted molar refractivity (Wildman–Crippen MR) is 80.1 cm³/mol. The zero-order valence-electron chi connectivity index (χ0n) is 13.2. The molecule has 0 spiro atoms. The molecule has 1 N–H and O–H groups in total. The number of ether oxygens (including phenoxy) is 2. The third-order valence-corrected chi connectivity index (χ3v) is 4.63. The second-order valence-corrected chi connectivity index (χ2v) is 5.96. The summed E-state index contributed by atoms with van der Waals surface area (Å²) in [6, 6.07) is 2.35. The number of amides is 1. The van der Waals surface area contributed by atoms with E-state index >= 15 is 0 Å². The van der Waals surface area contributed by atoms with Gasteiger partial charge in [0.15, 0.2) is 0 Å². The van der Waals surface area contributed by atoms with Gasteiger partial charge in [0.05, 0.1) is 24.3 Å². The maximum atomic E-state index is 12.4. The fraction of sp³-hybridized carbons (Fsp3) is 0.733. The molecule has 0 aromatic carbocycles. The standard InChI is InChI=1S/C15H24N4O3/c1-18-11(3-5-17-18)9-19-10-12(14-13(19)4-7-22-14)15(20)16-6-8-21-2/h3,5,12-14H,4,6-10H2,1-2H3,(H,16,20)/t12-,13+,14+/m0/s1. The number of aryl methyl sites for hydroxylation is 1. The summed E-state index contributed by atoms with van der Waals surface area (Å²) in [5.41, 5.74) is 1.16. The van der Waals surface area contributed by atoms with Crippen LogP contribution in [0.3, 0.4) is 0 Å². The van der Waals surface area contributed by atoms with Crippen molar-refractivity contribution in [3.8, 4) is 0 Å². The van der Waals surface area contributed by atoms with E-state index in [1.807, 2.05) is 24.0 Å². The molecule has 1 amide bonds. The second kappa shape index (κ2) is 6.76. The SMILES string of the molecule is COCCNC(=O)[C@H]1CN(Cc2ccnn2C)[C@@H]2CCO[C@H]12. The molecule has 22 heavy (non-hydrogen) atoms. The van der Waals surface area contributed by atoms with E-state index in [-0.39, 0.29) is 17.9 Å². The Morgan fingerprint density at radius 2 is 2.45 bits per heavy atom. The van der Waals surface area contributed by atoms with Crippen molar-refractivity contribution in [1.82, 2.24) is 20.0 Å². The van der Waals surface area contributed by atoms with Gasteiger partial charge in [0.25, 0.3) is 0 Å². The maximum Gasteiger partial charge on any atom is 0.227 e. The van der Waals surface area contributed by atoms with Crippen LogP contribution in [0, 0.1) is 5.92 Å². The lowest BCUT2D eigenvalue weighted by Crippen LogP contribution is -2.39. The number of nitrogens with zero attached hydrogens (tertiary/aromatic N) is 3. The van der Waals surface area contributed by atoms with E-state index in [0.717, 1.165) is 31.8 Å². The van der Waals surface area contributed by atoms with Crippen molar-refractivity contribution in [1.29, 1.82) is 0 Å². The normalized spacial score (nSPS) is 28.0. The fourth-order valence-corrected chi connectivity index (χ4v) is 3.45. The summed E-state index contributed by atoms with van der Waals surface area (Å²) in [5, 5.41) is 7.15. The first-order chi connectivity index (χ1) is 10.7. The lowest BCUT2D eigenvalue weighted by molar-refractivity contribution is -0.127. The van der Waals surface area contributed by atoms with Gasteiger partial charge < -0.3 is 14.8 Å². The third-order valence-electron chi connectivity index (χ3n) is 4.63. The van der Waals surface area contributed by atoms with Crippen molar-refractivity contribution < 1.29 is 14.3 Å². The summed E-state index contributed by atoms with van der Waals surface area (Å²) in [7, 11) is 3.58. The first-order valence-corrected chi connectivity index (χ1v) is 7.80. The Hall–Kier alpha value is -1.44. The largest absolute Gasteiger partial charge is 0.383 e. The number of carbonyl (C=O) groups is 1. The number of methoxy groups -OCH3 is 1. The van der Waals surface area contributed by atoms with Crippen LogP contribution >= 0.6 is 0 Å². The van der Waals surface area contributed by atoms with Gasteiger partial charge in [0.2, 0.25) is 5.91 Å². The van der Waals surface area contributed by atoms with Crippen LogP contribution in [-0.2, 0) is 27.9 Å². The van der Waals surface area contributed by atoms with Crippen LogP contribution in [0.4, 0.5) is 0 Å². The summed E-state index contributed by atoms with van der Waals surface area (Å²) in [5.74, 6) is -0.0287. The highest BCUT2D eigenvalue weighted by Crippen LogP contribution is 2.34. The quantitative estimate of drug-likeness (QED) is 0.736. The summed E-state index contributed by atoms with van der Waals surface area (Å²) in [4.78, 5) is 14.7. The first-order valence-electron chi connectivity index (χ1n) is 7.80. The van der Waals surface area contributed by atoms with E-state index in [9.17, 15) is 4.79 Å². The second-order valence-electron chi connectivity index (χ2n) is 5.96. The lowest BCUT2D eigenvalue weighted by Gasteiger charge is -2.21. The highest BCUT2D eigenvalue weighted by Gasteiger charge is 2.48. The van der Waals surface area contributed by atoms with Gasteiger partial charge in [-0.3, -0.25) is 14.4 Å². The molecule has 0 bridgehead atoms. The summed E-state index contributed by atoms with van der Waals surface area (Å²) in [6.45, 7) is 3.36. The Balaban J connectivity index is 1.64. The molecule has 122 valence electrons. The Morgan fingerprint density at radius 3 is 3.18 bits per heavy atom. The molecule has 2 fully saturated rings. The number of fused-ring (bicyclic) bond motifs is 1. The zero-order chi connectivity index (χ0) is 15.5. The molecule has 3 atom stereocenters. The van der Waals surface area contributed by atoms with Crippen molar-refractivity contribution >= 4 is 5.91 Å². The molecule has 7 heteroatoms. The number of hydrogen-bond acceptors (Lipinski definition) is 5. The van der Waals surface area contributed by atoms with Crippen molar-refractivity contribution in [2.45, 2.75) is 25.1 Å². The molecular formula is C15H24N4O3. The van der Waals surface area contributed by atoms with Gasteiger partial charge in [-0.15, -0.1) is 0 Å². The molecular weight excluding hydrogens is 284 g/mol. The van der Waals surface area contributed by atoms with Crippen LogP contribution < -0.4 is 5.32 Å². The summed E-state index contributed by atoms with van der Waals surface area (Å²) >= 11 is 0. The van der Waals surface area contributed by atoms with E-state index in [1.165, 1.54) is 0 Å². The summed E-state index contributed by atoms with van der Waals surface area (Å²) < 4.78 is 12.7. The lowest BCUT2D eigenvalue weighted by atomic mass is 10.0. The van der Waals surface area contributed by atoms with Crippen LogP contribution in [0.1, 0.15) is 12.1 Å². The predicted octanol–water partition coefficient (Wildman–Crippen LogP) is -0.228. The Morgan fingerprint density at radius 1 is 1.59 bits per heavy atom. The highest BCUT2D eigenvalue weighted by molar-refractivity contribution is 5.80. The number of hydrogen-bond donors (Lipinski definition) is 1. The van der Waals surface area contributed by atoms with E-state index in [1.54, 1.807) is 7.11 Å². The molecule has 0 saturated carbocycles. The van der Waals surface area contributed by atoms with Gasteiger partial charge >= 0.3 is 0 Å². The molecule has 1 aromatic heterocycles. The van der Waals surface area contributed by atoms with Gasteiger partial charge in [-0.2, -0.15) is 5.10 Å². The minimum Gasteiger partial charge on any atom is -0.383 e. The Kier molecular flexibility index (Phi) is 4.75. The van der Waals surface area contributed by atoms with E-state index in [4.69, 9.17) is 9.47 Å². The van der Waals surface area contributed by atoms with E-state index in [2.05, 4.69) is 15.3 Å². The maximum absolute atomic E-state index is 12.4. The fourth-order valence-electron chi connectivity index (χ4n) is 3.45. The third kappa shape index (κ3) is 3.02. The molecule has 1 aromatic rings. The van der Waals surface area contributed by atoms with E-state index in [0.29, 0.717) is 19.2 Å². The number of likely N-dealkylation sites (tertiary alicyclic amines) is 1. The van der Waals surface area contributed by atoms with Crippen LogP contribution in [-0.4, -0.2) is 66.1 Å². The van der Waals surface area contributed by atoms with Crippen molar-refractivity contribution in [2.75, 3.05) is 33.4 Å². The molecule has 3 heterocycles. The van der Waals surface area contributed by atoms with Gasteiger partial charge in [-0.25, -0.2) is 0 Å². The smallest absolute Gasteiger partial charge is 0.227 e. The van der Waals surface area contributed by atoms with Crippen LogP contribution in [0.15, 0.2) is 12.3 Å². The zero-order valence-corrected chi connectivity index (χ0v) is 13.2. The number of carbonyl (C=O) groups excluding carboxylic acids is 1. The number of nitrogens with one attached hydrogen (secondary N) is 1.